The monoisotopic (exact) mass is 506 g/mol. The molecule has 0 spiro atoms. The fraction of sp³-hybridized carbons (Fsp3) is 0.556. The molecule has 1 atom stereocenters. The molecular formula is C27H37F6P. The smallest absolute Gasteiger partial charge is 0.200 e. The van der Waals surface area contributed by atoms with E-state index in [0.29, 0.717) is 25.7 Å². The average molecular weight is 507 g/mol. The molecule has 0 N–H and O–H groups in total. The molecule has 7 heteroatoms. The van der Waals surface area contributed by atoms with Gasteiger partial charge in [0.25, 0.3) is 0 Å². The van der Waals surface area contributed by atoms with Crippen molar-refractivity contribution in [2.75, 3.05) is 6.16 Å². The van der Waals surface area contributed by atoms with Crippen LogP contribution in [0, 0.1) is 0 Å². The maximum atomic E-state index is 13.6. The van der Waals surface area contributed by atoms with Gasteiger partial charge in [-0.1, -0.05) is 113 Å². The molecule has 0 aromatic heterocycles. The molecule has 0 bridgehead atoms. The van der Waals surface area contributed by atoms with Crippen LogP contribution < -0.4 is 0 Å². The Labute approximate surface area is 202 Å². The van der Waals surface area contributed by atoms with Crippen LogP contribution in [-0.2, 0) is 0 Å². The highest BCUT2D eigenvalue weighted by Gasteiger charge is 2.70. The van der Waals surface area contributed by atoms with Crippen molar-refractivity contribution >= 4 is 8.58 Å². The largest absolute Gasteiger partial charge is 0.375 e. The molecule has 2 aromatic carbocycles. The Morgan fingerprint density at radius 3 is 1.47 bits per heavy atom. The maximum Gasteiger partial charge on any atom is 0.375 e. The fourth-order valence-corrected chi connectivity index (χ4v) is 4.48. The summed E-state index contributed by atoms with van der Waals surface area (Å²) in [7, 11) is -1.46. The quantitative estimate of drug-likeness (QED) is 0.136. The molecule has 0 heterocycles. The Hall–Kier alpha value is -1.55. The first-order valence-corrected chi connectivity index (χ1v) is 13.3. The van der Waals surface area contributed by atoms with Crippen LogP contribution in [0.15, 0.2) is 60.7 Å². The van der Waals surface area contributed by atoms with Gasteiger partial charge in [0.15, 0.2) is 0 Å². The predicted molar refractivity (Wildman–Crippen MR) is 133 cm³/mol. The number of hydrogen-bond donors (Lipinski definition) is 0. The first kappa shape index (κ1) is 30.5. The second kappa shape index (κ2) is 15.4. The molecule has 192 valence electrons. The Morgan fingerprint density at radius 1 is 0.588 bits per heavy atom. The third-order valence-electron chi connectivity index (χ3n) is 5.46. The summed E-state index contributed by atoms with van der Waals surface area (Å²) in [6, 6.07) is 20.8. The predicted octanol–water partition coefficient (Wildman–Crippen LogP) is 10.4. The van der Waals surface area contributed by atoms with E-state index in [9.17, 15) is 26.3 Å². The molecule has 0 saturated heterocycles. The minimum Gasteiger partial charge on any atom is -0.200 e. The van der Waals surface area contributed by atoms with Gasteiger partial charge in [-0.05, 0) is 38.7 Å². The first-order valence-electron chi connectivity index (χ1n) is 12.1. The Kier molecular flexibility index (Phi) is 13.8. The number of alkyl halides is 6. The lowest BCUT2D eigenvalue weighted by Crippen LogP contribution is -2.52. The summed E-state index contributed by atoms with van der Waals surface area (Å²) in [6.45, 7) is 3.78. The van der Waals surface area contributed by atoms with Crippen molar-refractivity contribution in [3.05, 3.63) is 60.7 Å². The van der Waals surface area contributed by atoms with E-state index in [2.05, 4.69) is 48.5 Å². The SMILES string of the molecule is CCCCCCPC(F)(F)C(F)(F)C(F)(F)CCCCCC.c1ccc(-c2ccccc2)cc1. The van der Waals surface area contributed by atoms with E-state index in [1.54, 1.807) is 0 Å². The van der Waals surface area contributed by atoms with E-state index < -0.39 is 32.5 Å². The molecule has 0 aliphatic rings. The summed E-state index contributed by atoms with van der Waals surface area (Å²) in [5.41, 5.74) is -2.08. The van der Waals surface area contributed by atoms with Crippen molar-refractivity contribution in [1.82, 2.24) is 0 Å². The van der Waals surface area contributed by atoms with Crippen LogP contribution in [0.3, 0.4) is 0 Å². The van der Waals surface area contributed by atoms with Crippen LogP contribution in [0.5, 0.6) is 0 Å². The Bertz CT molecular complexity index is 728. The van der Waals surface area contributed by atoms with E-state index in [4.69, 9.17) is 0 Å². The average Bonchev–Trinajstić information content (AvgIpc) is 2.83. The van der Waals surface area contributed by atoms with Crippen LogP contribution in [0.1, 0.15) is 71.6 Å². The van der Waals surface area contributed by atoms with Crippen LogP contribution in [-0.4, -0.2) is 23.7 Å². The fourth-order valence-electron chi connectivity index (χ4n) is 3.33. The number of rotatable bonds is 14. The summed E-state index contributed by atoms with van der Waals surface area (Å²) < 4.78 is 81.3. The molecule has 1 unspecified atom stereocenters. The lowest BCUT2D eigenvalue weighted by molar-refractivity contribution is -0.280. The second-order valence-corrected chi connectivity index (χ2v) is 9.86. The highest BCUT2D eigenvalue weighted by molar-refractivity contribution is 7.39. The molecule has 0 saturated carbocycles. The molecule has 0 radical (unpaired) electrons. The van der Waals surface area contributed by atoms with Crippen LogP contribution in [0.4, 0.5) is 26.3 Å². The standard InChI is InChI=1S/C15H27F6P.C12H10/c1-3-5-7-9-11-13(16,17)14(18,19)15(20,21)22-12-10-8-6-4-2;1-3-7-11(8-4-1)12-9-5-2-6-10-12/h22H,3-12H2,1-2H3;1-10H. The van der Waals surface area contributed by atoms with Gasteiger partial charge in [0.2, 0.25) is 0 Å². The summed E-state index contributed by atoms with van der Waals surface area (Å²) in [4.78, 5) is 0. The van der Waals surface area contributed by atoms with Crippen molar-refractivity contribution in [2.45, 2.75) is 89.1 Å². The highest BCUT2D eigenvalue weighted by atomic mass is 31.1. The van der Waals surface area contributed by atoms with E-state index in [1.165, 1.54) is 11.1 Å². The molecule has 0 nitrogen and oxygen atoms in total. The van der Waals surface area contributed by atoms with Crippen LogP contribution in [0.2, 0.25) is 0 Å². The van der Waals surface area contributed by atoms with Gasteiger partial charge in [0.1, 0.15) is 0 Å². The molecule has 34 heavy (non-hydrogen) atoms. The molecule has 0 aliphatic heterocycles. The maximum absolute atomic E-state index is 13.6. The van der Waals surface area contributed by atoms with E-state index in [0.717, 1.165) is 19.3 Å². The molecule has 0 fully saturated rings. The zero-order valence-corrected chi connectivity index (χ0v) is 21.1. The Morgan fingerprint density at radius 2 is 1.03 bits per heavy atom. The second-order valence-electron chi connectivity index (χ2n) is 8.38. The molecule has 0 aliphatic carbocycles. The summed E-state index contributed by atoms with van der Waals surface area (Å²) in [6.07, 6.45) is 3.04. The normalized spacial score (nSPS) is 12.6. The van der Waals surface area contributed by atoms with Gasteiger partial charge in [-0.15, -0.1) is 0 Å². The van der Waals surface area contributed by atoms with Crippen molar-refractivity contribution in [3.8, 4) is 11.1 Å². The molecule has 2 rings (SSSR count). The third-order valence-corrected chi connectivity index (χ3v) is 6.82. The third kappa shape index (κ3) is 9.98. The van der Waals surface area contributed by atoms with Crippen molar-refractivity contribution in [3.63, 3.8) is 0 Å². The van der Waals surface area contributed by atoms with E-state index >= 15 is 0 Å². The van der Waals surface area contributed by atoms with Crippen LogP contribution in [0.25, 0.3) is 11.1 Å². The number of hydrogen-bond acceptors (Lipinski definition) is 0. The van der Waals surface area contributed by atoms with Gasteiger partial charge < -0.3 is 0 Å². The van der Waals surface area contributed by atoms with Crippen molar-refractivity contribution in [2.24, 2.45) is 0 Å². The van der Waals surface area contributed by atoms with Gasteiger partial charge in [-0.3, -0.25) is 0 Å². The zero-order chi connectivity index (χ0) is 25.5. The topological polar surface area (TPSA) is 0 Å². The number of halogens is 6. The molecular weight excluding hydrogens is 469 g/mol. The molecule has 2 aromatic rings. The van der Waals surface area contributed by atoms with Gasteiger partial charge >= 0.3 is 17.5 Å². The Balaban J connectivity index is 0.000000398. The highest BCUT2D eigenvalue weighted by Crippen LogP contribution is 2.55. The summed E-state index contributed by atoms with van der Waals surface area (Å²) in [5, 5.41) is 0. The minimum absolute atomic E-state index is 0.130. The van der Waals surface area contributed by atoms with Crippen LogP contribution >= 0.6 is 8.58 Å². The number of unbranched alkanes of at least 4 members (excludes halogenated alkanes) is 6. The van der Waals surface area contributed by atoms with E-state index in [-0.39, 0.29) is 12.6 Å². The van der Waals surface area contributed by atoms with Gasteiger partial charge in [-0.2, -0.15) is 26.3 Å². The number of benzene rings is 2. The van der Waals surface area contributed by atoms with Gasteiger partial charge in [-0.25, -0.2) is 0 Å². The lowest BCUT2D eigenvalue weighted by atomic mass is 10.0. The first-order chi connectivity index (χ1) is 16.1. The minimum atomic E-state index is -5.27. The zero-order valence-electron chi connectivity index (χ0n) is 20.1. The summed E-state index contributed by atoms with van der Waals surface area (Å²) in [5.74, 6) is -9.92. The van der Waals surface area contributed by atoms with Gasteiger partial charge in [0.05, 0.1) is 0 Å². The van der Waals surface area contributed by atoms with Gasteiger partial charge in [0, 0.05) is 6.42 Å². The summed E-state index contributed by atoms with van der Waals surface area (Å²) >= 11 is 0. The molecule has 0 amide bonds. The van der Waals surface area contributed by atoms with Crippen molar-refractivity contribution in [1.29, 1.82) is 0 Å². The van der Waals surface area contributed by atoms with E-state index in [1.807, 2.05) is 26.0 Å². The van der Waals surface area contributed by atoms with Crippen molar-refractivity contribution < 1.29 is 26.3 Å². The lowest BCUT2D eigenvalue weighted by Gasteiger charge is -2.33.